The fourth-order valence-corrected chi connectivity index (χ4v) is 5.30. The van der Waals surface area contributed by atoms with Crippen molar-refractivity contribution < 1.29 is 12.8 Å². The quantitative estimate of drug-likeness (QED) is 0.830. The van der Waals surface area contributed by atoms with Gasteiger partial charge in [-0.15, -0.1) is 0 Å². The van der Waals surface area contributed by atoms with E-state index in [1.165, 1.54) is 16.6 Å². The zero-order chi connectivity index (χ0) is 19.6. The number of halogens is 1. The van der Waals surface area contributed by atoms with Gasteiger partial charge in [0.25, 0.3) is 0 Å². The van der Waals surface area contributed by atoms with Gasteiger partial charge in [0.2, 0.25) is 10.0 Å². The Balaban J connectivity index is 1.36. The van der Waals surface area contributed by atoms with Crippen LogP contribution >= 0.6 is 0 Å². The maximum Gasteiger partial charge on any atom is 0.244 e. The van der Waals surface area contributed by atoms with Gasteiger partial charge in [-0.2, -0.15) is 4.31 Å². The van der Waals surface area contributed by atoms with Crippen molar-refractivity contribution in [1.82, 2.24) is 9.29 Å². The van der Waals surface area contributed by atoms with Crippen molar-refractivity contribution >= 4 is 21.5 Å². The SMILES string of the molecule is O=S(=O)(c1ccc(N2CCC(Nc3ccccc3F)CC2)nc1)N1CCCC1. The molecule has 2 aliphatic heterocycles. The largest absolute Gasteiger partial charge is 0.380 e. The van der Waals surface area contributed by atoms with Gasteiger partial charge in [-0.1, -0.05) is 12.1 Å². The van der Waals surface area contributed by atoms with Gasteiger partial charge in [0.05, 0.1) is 5.69 Å². The first kappa shape index (κ1) is 19.1. The van der Waals surface area contributed by atoms with Crippen LogP contribution in [0, 0.1) is 5.82 Å². The van der Waals surface area contributed by atoms with Gasteiger partial charge in [0.15, 0.2) is 0 Å². The molecular formula is C20H25FN4O2S. The molecule has 0 spiro atoms. The van der Waals surface area contributed by atoms with Crippen LogP contribution in [0.4, 0.5) is 15.9 Å². The lowest BCUT2D eigenvalue weighted by molar-refractivity contribution is 0.477. The molecule has 0 unspecified atom stereocenters. The first-order chi connectivity index (χ1) is 13.5. The first-order valence-electron chi connectivity index (χ1n) is 9.76. The van der Waals surface area contributed by atoms with Crippen LogP contribution in [-0.4, -0.2) is 49.9 Å². The molecule has 2 fully saturated rings. The Morgan fingerprint density at radius 2 is 1.71 bits per heavy atom. The third-order valence-electron chi connectivity index (χ3n) is 5.48. The van der Waals surface area contributed by atoms with Crippen LogP contribution in [0.25, 0.3) is 0 Å². The molecule has 0 amide bonds. The summed E-state index contributed by atoms with van der Waals surface area (Å²) < 4.78 is 40.5. The topological polar surface area (TPSA) is 65.5 Å². The van der Waals surface area contributed by atoms with Gasteiger partial charge in [-0.3, -0.25) is 0 Å². The van der Waals surface area contributed by atoms with E-state index in [-0.39, 0.29) is 16.8 Å². The summed E-state index contributed by atoms with van der Waals surface area (Å²) in [5, 5.41) is 3.27. The standard InChI is InChI=1S/C20H25FN4O2S/c21-18-5-1-2-6-19(18)23-16-9-13-24(14-10-16)20-8-7-17(15-22-20)28(26,27)25-11-3-4-12-25/h1-2,5-8,15-16,23H,3-4,9-14H2. The molecule has 6 nitrogen and oxygen atoms in total. The van der Waals surface area contributed by atoms with Gasteiger partial charge < -0.3 is 10.2 Å². The number of rotatable bonds is 5. The third-order valence-corrected chi connectivity index (χ3v) is 7.36. The smallest absolute Gasteiger partial charge is 0.244 e. The van der Waals surface area contributed by atoms with Gasteiger partial charge in [0, 0.05) is 38.4 Å². The molecule has 0 bridgehead atoms. The number of hydrogen-bond donors (Lipinski definition) is 1. The van der Waals surface area contributed by atoms with Crippen molar-refractivity contribution in [3.05, 3.63) is 48.4 Å². The van der Waals surface area contributed by atoms with Crippen LogP contribution < -0.4 is 10.2 Å². The lowest BCUT2D eigenvalue weighted by atomic mass is 10.0. The Bertz CT molecular complexity index is 906. The Kier molecular flexibility index (Phi) is 5.50. The van der Waals surface area contributed by atoms with E-state index in [0.717, 1.165) is 44.6 Å². The minimum Gasteiger partial charge on any atom is -0.380 e. The number of anilines is 2. The highest BCUT2D eigenvalue weighted by Gasteiger charge is 2.28. The predicted molar refractivity (Wildman–Crippen MR) is 107 cm³/mol. The Morgan fingerprint density at radius 3 is 2.36 bits per heavy atom. The zero-order valence-corrected chi connectivity index (χ0v) is 16.5. The molecule has 2 aromatic rings. The second-order valence-corrected chi connectivity index (χ2v) is 9.29. The van der Waals surface area contributed by atoms with Crippen LogP contribution in [0.1, 0.15) is 25.7 Å². The van der Waals surface area contributed by atoms with Crippen molar-refractivity contribution in [2.45, 2.75) is 36.6 Å². The number of nitrogens with one attached hydrogen (secondary N) is 1. The molecule has 2 aliphatic rings. The van der Waals surface area contributed by atoms with Crippen LogP contribution in [0.2, 0.25) is 0 Å². The van der Waals surface area contributed by atoms with Crippen LogP contribution in [0.3, 0.4) is 0 Å². The number of sulfonamides is 1. The van der Waals surface area contributed by atoms with E-state index in [0.29, 0.717) is 18.8 Å². The van der Waals surface area contributed by atoms with E-state index in [4.69, 9.17) is 0 Å². The molecule has 8 heteroatoms. The molecule has 3 heterocycles. The maximum atomic E-state index is 13.8. The number of hydrogen-bond acceptors (Lipinski definition) is 5. The highest BCUT2D eigenvalue weighted by molar-refractivity contribution is 7.89. The summed E-state index contributed by atoms with van der Waals surface area (Å²) in [7, 11) is -3.43. The van der Waals surface area contributed by atoms with Crippen LogP contribution in [-0.2, 0) is 10.0 Å². The summed E-state index contributed by atoms with van der Waals surface area (Å²) in [5.41, 5.74) is 0.538. The van der Waals surface area contributed by atoms with Crippen molar-refractivity contribution in [1.29, 1.82) is 0 Å². The van der Waals surface area contributed by atoms with Gasteiger partial charge in [0.1, 0.15) is 16.5 Å². The average molecular weight is 405 g/mol. The van der Waals surface area contributed by atoms with E-state index in [1.807, 2.05) is 6.07 Å². The normalized spacial score (nSPS) is 19.1. The summed E-state index contributed by atoms with van der Waals surface area (Å²) >= 11 is 0. The minimum absolute atomic E-state index is 0.211. The second-order valence-electron chi connectivity index (χ2n) is 7.35. The molecule has 150 valence electrons. The average Bonchev–Trinajstić information content (AvgIpc) is 3.26. The Hall–Kier alpha value is -2.19. The molecule has 0 saturated carbocycles. The van der Waals surface area contributed by atoms with E-state index in [1.54, 1.807) is 24.3 Å². The summed E-state index contributed by atoms with van der Waals surface area (Å²) in [5.74, 6) is 0.547. The summed E-state index contributed by atoms with van der Waals surface area (Å²) in [6.07, 6.45) is 5.03. The van der Waals surface area contributed by atoms with E-state index in [9.17, 15) is 12.8 Å². The molecule has 0 radical (unpaired) electrons. The zero-order valence-electron chi connectivity index (χ0n) is 15.7. The molecule has 1 N–H and O–H groups in total. The highest BCUT2D eigenvalue weighted by Crippen LogP contribution is 2.24. The number of aromatic nitrogens is 1. The van der Waals surface area contributed by atoms with Gasteiger partial charge >= 0.3 is 0 Å². The molecule has 0 atom stereocenters. The fraction of sp³-hybridized carbons (Fsp3) is 0.450. The molecule has 1 aromatic carbocycles. The predicted octanol–water partition coefficient (Wildman–Crippen LogP) is 3.09. The summed E-state index contributed by atoms with van der Waals surface area (Å²) in [6, 6.07) is 10.4. The van der Waals surface area contributed by atoms with Crippen molar-refractivity contribution in [3.63, 3.8) is 0 Å². The third kappa shape index (κ3) is 3.98. The highest BCUT2D eigenvalue weighted by atomic mass is 32.2. The number of pyridine rings is 1. The minimum atomic E-state index is -3.43. The van der Waals surface area contributed by atoms with Gasteiger partial charge in [-0.25, -0.2) is 17.8 Å². The molecule has 2 saturated heterocycles. The number of benzene rings is 1. The van der Waals surface area contributed by atoms with Crippen molar-refractivity contribution in [2.24, 2.45) is 0 Å². The van der Waals surface area contributed by atoms with Crippen molar-refractivity contribution in [3.8, 4) is 0 Å². The van der Waals surface area contributed by atoms with E-state index < -0.39 is 10.0 Å². The lowest BCUT2D eigenvalue weighted by Crippen LogP contribution is -2.39. The molecular weight excluding hydrogens is 379 g/mol. The fourth-order valence-electron chi connectivity index (χ4n) is 3.84. The molecule has 1 aromatic heterocycles. The van der Waals surface area contributed by atoms with Gasteiger partial charge in [-0.05, 0) is 49.9 Å². The number of piperidine rings is 1. The Labute approximate surface area is 165 Å². The first-order valence-corrected chi connectivity index (χ1v) is 11.2. The second kappa shape index (κ2) is 8.05. The van der Waals surface area contributed by atoms with Crippen LogP contribution in [0.5, 0.6) is 0 Å². The molecule has 4 rings (SSSR count). The lowest BCUT2D eigenvalue weighted by Gasteiger charge is -2.33. The Morgan fingerprint density at radius 1 is 1.00 bits per heavy atom. The number of para-hydroxylation sites is 1. The van der Waals surface area contributed by atoms with Crippen molar-refractivity contribution in [2.75, 3.05) is 36.4 Å². The summed E-state index contributed by atoms with van der Waals surface area (Å²) in [6.45, 7) is 2.76. The van der Waals surface area contributed by atoms with Crippen LogP contribution in [0.15, 0.2) is 47.5 Å². The number of nitrogens with zero attached hydrogens (tertiary/aromatic N) is 3. The van der Waals surface area contributed by atoms with E-state index in [2.05, 4.69) is 15.2 Å². The maximum absolute atomic E-state index is 13.8. The monoisotopic (exact) mass is 404 g/mol. The van der Waals surface area contributed by atoms with E-state index >= 15 is 0 Å². The molecule has 0 aliphatic carbocycles. The molecule has 28 heavy (non-hydrogen) atoms. The summed E-state index contributed by atoms with van der Waals surface area (Å²) in [4.78, 5) is 6.81.